The second-order valence-corrected chi connectivity index (χ2v) is 8.45. The van der Waals surface area contributed by atoms with Gasteiger partial charge in [0.2, 0.25) is 10.0 Å². The van der Waals surface area contributed by atoms with Crippen molar-refractivity contribution in [3.8, 4) is 0 Å². The molecule has 2 aromatic carbocycles. The summed E-state index contributed by atoms with van der Waals surface area (Å²) in [7, 11) is -3.76. The number of carboxylic acid groups (broad SMARTS) is 1. The SMILES string of the molecule is O=C(O)CCCCCCC(NS(=O)(=O)c1ccccc1Cl)c1ccccc1. The number of carbonyl (C=O) groups is 1. The van der Waals surface area contributed by atoms with Gasteiger partial charge in [0.15, 0.2) is 0 Å². The van der Waals surface area contributed by atoms with Crippen LogP contribution in [-0.4, -0.2) is 19.5 Å². The number of benzene rings is 2. The lowest BCUT2D eigenvalue weighted by Gasteiger charge is -2.20. The molecule has 0 aliphatic carbocycles. The molecular formula is C20H24ClNO4S. The second-order valence-electron chi connectivity index (χ2n) is 6.36. The highest BCUT2D eigenvalue weighted by Crippen LogP contribution is 2.26. The van der Waals surface area contributed by atoms with Crippen molar-refractivity contribution in [3.63, 3.8) is 0 Å². The van der Waals surface area contributed by atoms with Crippen molar-refractivity contribution in [2.75, 3.05) is 0 Å². The van der Waals surface area contributed by atoms with Crippen LogP contribution in [0.1, 0.15) is 50.1 Å². The van der Waals surface area contributed by atoms with Crippen molar-refractivity contribution in [1.82, 2.24) is 4.72 Å². The summed E-state index contributed by atoms with van der Waals surface area (Å²) in [6.45, 7) is 0. The molecule has 27 heavy (non-hydrogen) atoms. The zero-order valence-electron chi connectivity index (χ0n) is 15.0. The number of unbranched alkanes of at least 4 members (excludes halogenated alkanes) is 3. The highest BCUT2D eigenvalue weighted by molar-refractivity contribution is 7.89. The molecule has 7 heteroatoms. The molecule has 0 fully saturated rings. The quantitative estimate of drug-likeness (QED) is 0.523. The van der Waals surface area contributed by atoms with E-state index in [1.54, 1.807) is 18.2 Å². The summed E-state index contributed by atoms with van der Waals surface area (Å²) in [4.78, 5) is 10.6. The fourth-order valence-electron chi connectivity index (χ4n) is 2.87. The van der Waals surface area contributed by atoms with Crippen LogP contribution in [0.4, 0.5) is 0 Å². The minimum atomic E-state index is -3.76. The van der Waals surface area contributed by atoms with E-state index in [4.69, 9.17) is 16.7 Å². The van der Waals surface area contributed by atoms with Crippen LogP contribution < -0.4 is 4.72 Å². The van der Waals surface area contributed by atoms with Gasteiger partial charge in [0.05, 0.1) is 5.02 Å². The zero-order valence-corrected chi connectivity index (χ0v) is 16.5. The summed E-state index contributed by atoms with van der Waals surface area (Å²) in [5, 5.41) is 8.86. The topological polar surface area (TPSA) is 83.5 Å². The maximum Gasteiger partial charge on any atom is 0.303 e. The molecule has 0 heterocycles. The molecule has 0 amide bonds. The van der Waals surface area contributed by atoms with Crippen LogP contribution >= 0.6 is 11.6 Å². The Balaban J connectivity index is 2.05. The normalized spacial score (nSPS) is 12.6. The van der Waals surface area contributed by atoms with Crippen molar-refractivity contribution in [2.45, 2.75) is 49.5 Å². The number of hydrogen-bond donors (Lipinski definition) is 2. The number of halogens is 1. The molecule has 1 atom stereocenters. The van der Waals surface area contributed by atoms with Gasteiger partial charge >= 0.3 is 5.97 Å². The van der Waals surface area contributed by atoms with Gasteiger partial charge in [-0.1, -0.05) is 73.3 Å². The van der Waals surface area contributed by atoms with Crippen molar-refractivity contribution < 1.29 is 18.3 Å². The fourth-order valence-corrected chi connectivity index (χ4v) is 4.65. The first-order valence-corrected chi connectivity index (χ1v) is 10.8. The molecule has 2 aromatic rings. The highest BCUT2D eigenvalue weighted by Gasteiger charge is 2.23. The van der Waals surface area contributed by atoms with Crippen LogP contribution in [0.25, 0.3) is 0 Å². The monoisotopic (exact) mass is 409 g/mol. The van der Waals surface area contributed by atoms with E-state index in [1.165, 1.54) is 6.07 Å². The summed E-state index contributed by atoms with van der Waals surface area (Å²) in [5.41, 5.74) is 0.888. The molecule has 146 valence electrons. The maximum absolute atomic E-state index is 12.8. The van der Waals surface area contributed by atoms with Gasteiger partial charge in [-0.15, -0.1) is 0 Å². The summed E-state index contributed by atoms with van der Waals surface area (Å²) in [6.07, 6.45) is 3.89. The Bertz CT molecular complexity index is 840. The smallest absolute Gasteiger partial charge is 0.303 e. The van der Waals surface area contributed by atoms with E-state index in [2.05, 4.69) is 4.72 Å². The number of carboxylic acids is 1. The van der Waals surface area contributed by atoms with E-state index in [1.807, 2.05) is 30.3 Å². The molecule has 0 saturated heterocycles. The van der Waals surface area contributed by atoms with Crippen molar-refractivity contribution >= 4 is 27.6 Å². The van der Waals surface area contributed by atoms with Crippen LogP contribution in [-0.2, 0) is 14.8 Å². The van der Waals surface area contributed by atoms with Crippen LogP contribution in [0, 0.1) is 0 Å². The largest absolute Gasteiger partial charge is 0.481 e. The number of sulfonamides is 1. The average Bonchev–Trinajstić information content (AvgIpc) is 2.64. The molecule has 0 spiro atoms. The van der Waals surface area contributed by atoms with Crippen molar-refractivity contribution in [3.05, 3.63) is 65.2 Å². The maximum atomic E-state index is 12.8. The summed E-state index contributed by atoms with van der Waals surface area (Å²) < 4.78 is 28.3. The van der Waals surface area contributed by atoms with Crippen LogP contribution in [0.15, 0.2) is 59.5 Å². The van der Waals surface area contributed by atoms with Gasteiger partial charge in [-0.2, -0.15) is 0 Å². The second kappa shape index (κ2) is 10.4. The van der Waals surface area contributed by atoms with Crippen LogP contribution in [0.3, 0.4) is 0 Å². The Kier molecular flexibility index (Phi) is 8.28. The predicted molar refractivity (Wildman–Crippen MR) is 106 cm³/mol. The first kappa shape index (κ1) is 21.4. The Labute approximate surface area is 165 Å². The molecule has 0 radical (unpaired) electrons. The molecule has 5 nitrogen and oxygen atoms in total. The lowest BCUT2D eigenvalue weighted by Crippen LogP contribution is -2.29. The Morgan fingerprint density at radius 1 is 0.963 bits per heavy atom. The summed E-state index contributed by atoms with van der Waals surface area (Å²) in [6, 6.07) is 15.4. The Morgan fingerprint density at radius 3 is 2.26 bits per heavy atom. The fraction of sp³-hybridized carbons (Fsp3) is 0.350. The van der Waals surface area contributed by atoms with Crippen LogP contribution in [0.2, 0.25) is 5.02 Å². The minimum Gasteiger partial charge on any atom is -0.481 e. The zero-order chi connectivity index (χ0) is 19.7. The van der Waals surface area contributed by atoms with E-state index >= 15 is 0 Å². The average molecular weight is 410 g/mol. The number of nitrogens with one attached hydrogen (secondary N) is 1. The van der Waals surface area contributed by atoms with E-state index in [-0.39, 0.29) is 22.4 Å². The van der Waals surface area contributed by atoms with Gasteiger partial charge in [-0.3, -0.25) is 4.79 Å². The summed E-state index contributed by atoms with van der Waals surface area (Å²) >= 11 is 6.06. The predicted octanol–water partition coefficient (Wildman–Crippen LogP) is 4.78. The van der Waals surface area contributed by atoms with Crippen molar-refractivity contribution in [1.29, 1.82) is 0 Å². The lowest BCUT2D eigenvalue weighted by atomic mass is 10.0. The van der Waals surface area contributed by atoms with Gasteiger partial charge in [0, 0.05) is 12.5 Å². The number of aliphatic carboxylic acids is 1. The van der Waals surface area contributed by atoms with Gasteiger partial charge in [-0.25, -0.2) is 13.1 Å². The number of rotatable bonds is 11. The Morgan fingerprint density at radius 2 is 1.59 bits per heavy atom. The molecular weight excluding hydrogens is 386 g/mol. The lowest BCUT2D eigenvalue weighted by molar-refractivity contribution is -0.137. The van der Waals surface area contributed by atoms with Gasteiger partial charge in [0.1, 0.15) is 4.90 Å². The van der Waals surface area contributed by atoms with E-state index < -0.39 is 16.0 Å². The highest BCUT2D eigenvalue weighted by atomic mass is 35.5. The molecule has 0 saturated carbocycles. The minimum absolute atomic E-state index is 0.0639. The van der Waals surface area contributed by atoms with Crippen molar-refractivity contribution in [2.24, 2.45) is 0 Å². The number of hydrogen-bond acceptors (Lipinski definition) is 3. The summed E-state index contributed by atoms with van der Waals surface area (Å²) in [5.74, 6) is -0.787. The standard InChI is InChI=1S/C20H24ClNO4S/c21-17-12-8-9-14-19(17)27(25,26)22-18(16-10-4-3-5-11-16)13-6-1-2-7-15-20(23)24/h3-5,8-12,14,18,22H,1-2,6-7,13,15H2,(H,23,24). The molecule has 1 unspecified atom stereocenters. The van der Waals surface area contributed by atoms with Gasteiger partial charge < -0.3 is 5.11 Å². The first-order chi connectivity index (χ1) is 12.9. The first-order valence-electron chi connectivity index (χ1n) is 8.94. The Hall–Kier alpha value is -1.89. The van der Waals surface area contributed by atoms with E-state index in [0.717, 1.165) is 24.8 Å². The third kappa shape index (κ3) is 6.97. The van der Waals surface area contributed by atoms with Gasteiger partial charge in [-0.05, 0) is 30.5 Å². The third-order valence-electron chi connectivity index (χ3n) is 4.26. The van der Waals surface area contributed by atoms with Crippen LogP contribution in [0.5, 0.6) is 0 Å². The molecule has 2 rings (SSSR count). The molecule has 0 aliphatic rings. The molecule has 0 aromatic heterocycles. The van der Waals surface area contributed by atoms with E-state index in [9.17, 15) is 13.2 Å². The van der Waals surface area contributed by atoms with Gasteiger partial charge in [0.25, 0.3) is 0 Å². The molecule has 0 bridgehead atoms. The third-order valence-corrected chi connectivity index (χ3v) is 6.23. The molecule has 0 aliphatic heterocycles. The molecule has 2 N–H and O–H groups in total. The van der Waals surface area contributed by atoms with E-state index in [0.29, 0.717) is 12.8 Å².